The molecular formula is C20H25N5O8S2. The van der Waals surface area contributed by atoms with Crippen molar-refractivity contribution in [2.45, 2.75) is 39.1 Å². The van der Waals surface area contributed by atoms with E-state index < -0.39 is 58.2 Å². The zero-order valence-corrected chi connectivity index (χ0v) is 21.3. The Morgan fingerprint density at radius 1 is 1.34 bits per heavy atom. The Labute approximate surface area is 207 Å². The van der Waals surface area contributed by atoms with Crippen molar-refractivity contribution in [3.63, 3.8) is 0 Å². The number of carbonyl (C=O) groups excluding carboxylic acids is 4. The van der Waals surface area contributed by atoms with Gasteiger partial charge in [0.15, 0.2) is 10.8 Å². The minimum atomic E-state index is -1.61. The van der Waals surface area contributed by atoms with Gasteiger partial charge in [0.1, 0.15) is 29.9 Å². The van der Waals surface area contributed by atoms with Gasteiger partial charge in [-0.3, -0.25) is 23.5 Å². The fourth-order valence-electron chi connectivity index (χ4n) is 3.27. The fourth-order valence-corrected chi connectivity index (χ4v) is 5.49. The van der Waals surface area contributed by atoms with Crippen molar-refractivity contribution in [3.05, 3.63) is 22.3 Å². The third-order valence-corrected chi connectivity index (χ3v) is 7.36. The van der Waals surface area contributed by atoms with Gasteiger partial charge in [0.05, 0.1) is 16.2 Å². The van der Waals surface area contributed by atoms with Crippen LogP contribution in [0.4, 0.5) is 5.13 Å². The van der Waals surface area contributed by atoms with Gasteiger partial charge in [0.25, 0.3) is 11.8 Å². The summed E-state index contributed by atoms with van der Waals surface area (Å²) in [6, 6.07) is -1.18. The summed E-state index contributed by atoms with van der Waals surface area (Å²) in [5, 5.41) is 6.83. The summed E-state index contributed by atoms with van der Waals surface area (Å²) < 4.78 is 22.7. The monoisotopic (exact) mass is 527 g/mol. The van der Waals surface area contributed by atoms with E-state index >= 15 is 0 Å². The lowest BCUT2D eigenvalue weighted by Crippen LogP contribution is -2.74. The summed E-state index contributed by atoms with van der Waals surface area (Å²) in [7, 11) is -0.374. The number of rotatable bonds is 7. The summed E-state index contributed by atoms with van der Waals surface area (Å²) in [5.41, 5.74) is 5.01. The number of nitrogens with one attached hydrogen (secondary N) is 1. The largest absolute Gasteiger partial charge is 0.427 e. The molecule has 0 radical (unpaired) electrons. The number of carbonyl (C=O) groups is 4. The first-order valence-electron chi connectivity index (χ1n) is 10.2. The Bertz CT molecular complexity index is 1150. The molecule has 3 atom stereocenters. The van der Waals surface area contributed by atoms with E-state index in [9.17, 15) is 23.4 Å². The molecule has 2 aliphatic heterocycles. The Hall–Kier alpha value is -3.33. The van der Waals surface area contributed by atoms with Crippen LogP contribution >= 0.6 is 11.3 Å². The van der Waals surface area contributed by atoms with Crippen LogP contribution in [0.2, 0.25) is 0 Å². The third-order valence-electron chi connectivity index (χ3n) is 4.95. The second-order valence-corrected chi connectivity index (χ2v) is 11.1. The number of nitrogens with two attached hydrogens (primary N) is 1. The van der Waals surface area contributed by atoms with Gasteiger partial charge in [-0.1, -0.05) is 5.16 Å². The first-order chi connectivity index (χ1) is 16.4. The zero-order chi connectivity index (χ0) is 26.1. The molecular weight excluding hydrogens is 502 g/mol. The van der Waals surface area contributed by atoms with E-state index in [1.807, 2.05) is 0 Å². The second-order valence-electron chi connectivity index (χ2n) is 8.63. The van der Waals surface area contributed by atoms with Crippen LogP contribution in [0.15, 0.2) is 21.8 Å². The SMILES string of the molecule is CO/N=C(/C(=O)N[C@@H]1C(=O)N2C(C(=O)OCOC(=O)C(C)(C)C)=C(C)CS(=O)[C@H]12)c1csc(N)n1. The Morgan fingerprint density at radius 3 is 2.60 bits per heavy atom. The number of hydrogen-bond donors (Lipinski definition) is 2. The van der Waals surface area contributed by atoms with Crippen molar-refractivity contribution in [2.75, 3.05) is 25.4 Å². The maximum Gasteiger partial charge on any atom is 0.357 e. The molecule has 3 rings (SSSR count). The smallest absolute Gasteiger partial charge is 0.357 e. The standard InChI is InChI=1S/C20H25N5O8S2/c1-9-7-35(30)16-12(23-14(26)11(24-31-5)10-6-34-19(21)22-10)15(27)25(16)13(9)17(28)32-8-33-18(29)20(2,3)4/h6,12,16H,7-8H2,1-5H3,(H2,21,22)(H,23,26)/b24-11+/t12-,16-,35?/m1/s1. The Balaban J connectivity index is 1.72. The number of nitrogens with zero attached hydrogens (tertiary/aromatic N) is 3. The molecule has 0 aromatic carbocycles. The predicted molar refractivity (Wildman–Crippen MR) is 125 cm³/mol. The van der Waals surface area contributed by atoms with E-state index in [1.165, 1.54) is 12.5 Å². The number of amides is 2. The summed E-state index contributed by atoms with van der Waals surface area (Å²) in [4.78, 5) is 60.0. The van der Waals surface area contributed by atoms with Crippen LogP contribution in [0, 0.1) is 5.41 Å². The second kappa shape index (κ2) is 10.1. The molecule has 0 spiro atoms. The van der Waals surface area contributed by atoms with Gasteiger partial charge in [-0.2, -0.15) is 0 Å². The number of ether oxygens (including phenoxy) is 2. The van der Waals surface area contributed by atoms with E-state index in [0.717, 1.165) is 16.2 Å². The quantitative estimate of drug-likeness (QED) is 0.159. The van der Waals surface area contributed by atoms with Crippen LogP contribution in [0.5, 0.6) is 0 Å². The van der Waals surface area contributed by atoms with Crippen molar-refractivity contribution in [3.8, 4) is 0 Å². The molecule has 2 aliphatic rings. The van der Waals surface area contributed by atoms with Crippen LogP contribution in [0.3, 0.4) is 0 Å². The van der Waals surface area contributed by atoms with Gasteiger partial charge in [-0.25, -0.2) is 9.78 Å². The average molecular weight is 528 g/mol. The molecule has 1 unspecified atom stereocenters. The molecule has 3 heterocycles. The topological polar surface area (TPSA) is 180 Å². The number of thiazole rings is 1. The van der Waals surface area contributed by atoms with Crippen molar-refractivity contribution in [1.29, 1.82) is 0 Å². The lowest BCUT2D eigenvalue weighted by molar-refractivity contribution is -0.173. The average Bonchev–Trinajstić information content (AvgIpc) is 3.20. The number of esters is 2. The lowest BCUT2D eigenvalue weighted by Gasteiger charge is -2.49. The first kappa shape index (κ1) is 26.3. The number of fused-ring (bicyclic) bond motifs is 1. The Kier molecular flexibility index (Phi) is 7.59. The number of nitrogen functional groups attached to an aromatic ring is 1. The number of aromatic nitrogens is 1. The number of anilines is 1. The molecule has 0 bridgehead atoms. The van der Waals surface area contributed by atoms with Gasteiger partial charge in [0.2, 0.25) is 6.79 Å². The summed E-state index contributed by atoms with van der Waals surface area (Å²) in [6.45, 7) is 5.83. The molecule has 3 N–H and O–H groups in total. The maximum absolute atomic E-state index is 12.9. The van der Waals surface area contributed by atoms with Crippen molar-refractivity contribution >= 4 is 56.7 Å². The normalized spacial score (nSPS) is 22.2. The van der Waals surface area contributed by atoms with E-state index in [2.05, 4.69) is 15.5 Å². The number of oxime groups is 1. The van der Waals surface area contributed by atoms with Crippen LogP contribution in [0.25, 0.3) is 0 Å². The fraction of sp³-hybridized carbons (Fsp3) is 0.500. The van der Waals surface area contributed by atoms with E-state index in [0.29, 0.717) is 5.57 Å². The molecule has 15 heteroatoms. The van der Waals surface area contributed by atoms with Gasteiger partial charge >= 0.3 is 11.9 Å². The molecule has 13 nitrogen and oxygen atoms in total. The first-order valence-corrected chi connectivity index (χ1v) is 12.5. The highest BCUT2D eigenvalue weighted by Gasteiger charge is 2.57. The number of hydrogen-bond acceptors (Lipinski definition) is 12. The highest BCUT2D eigenvalue weighted by molar-refractivity contribution is 7.86. The van der Waals surface area contributed by atoms with Crippen LogP contribution < -0.4 is 11.1 Å². The minimum Gasteiger partial charge on any atom is -0.427 e. The molecule has 35 heavy (non-hydrogen) atoms. The molecule has 1 aromatic heterocycles. The highest BCUT2D eigenvalue weighted by Crippen LogP contribution is 2.35. The molecule has 0 saturated carbocycles. The summed E-state index contributed by atoms with van der Waals surface area (Å²) in [5.74, 6) is -2.96. The van der Waals surface area contributed by atoms with Crippen molar-refractivity contribution < 1.29 is 37.7 Å². The predicted octanol–water partition coefficient (Wildman–Crippen LogP) is -0.145. The van der Waals surface area contributed by atoms with Gasteiger partial charge in [-0.05, 0) is 33.3 Å². The van der Waals surface area contributed by atoms with Crippen LogP contribution in [-0.2, 0) is 44.3 Å². The van der Waals surface area contributed by atoms with Gasteiger partial charge in [-0.15, -0.1) is 11.3 Å². The molecule has 1 saturated heterocycles. The lowest BCUT2D eigenvalue weighted by atomic mass is 9.98. The molecule has 2 amide bonds. The molecule has 1 aromatic rings. The highest BCUT2D eigenvalue weighted by atomic mass is 32.2. The van der Waals surface area contributed by atoms with Crippen molar-refractivity contribution in [1.82, 2.24) is 15.2 Å². The molecule has 0 aliphatic carbocycles. The van der Waals surface area contributed by atoms with Crippen LogP contribution in [0.1, 0.15) is 33.4 Å². The zero-order valence-electron chi connectivity index (χ0n) is 19.6. The van der Waals surface area contributed by atoms with Crippen molar-refractivity contribution in [2.24, 2.45) is 10.6 Å². The van der Waals surface area contributed by atoms with E-state index in [-0.39, 0.29) is 28.0 Å². The van der Waals surface area contributed by atoms with E-state index in [1.54, 1.807) is 27.7 Å². The molecule has 190 valence electrons. The summed E-state index contributed by atoms with van der Waals surface area (Å²) in [6.07, 6.45) is 0. The van der Waals surface area contributed by atoms with Gasteiger partial charge < -0.3 is 25.4 Å². The molecule has 1 fully saturated rings. The van der Waals surface area contributed by atoms with E-state index in [4.69, 9.17) is 20.0 Å². The Morgan fingerprint density at radius 2 is 2.03 bits per heavy atom. The number of β-lactam (4-membered cyclic amide) rings is 1. The summed E-state index contributed by atoms with van der Waals surface area (Å²) >= 11 is 1.08. The maximum atomic E-state index is 12.9. The van der Waals surface area contributed by atoms with Gasteiger partial charge in [0, 0.05) is 11.1 Å². The minimum absolute atomic E-state index is 0.0192. The third kappa shape index (κ3) is 5.35. The van der Waals surface area contributed by atoms with Crippen LogP contribution in [-0.4, -0.2) is 74.6 Å².